The van der Waals surface area contributed by atoms with Crippen LogP contribution in [0.3, 0.4) is 0 Å². The summed E-state index contributed by atoms with van der Waals surface area (Å²) in [4.78, 5) is 12.2. The minimum Gasteiger partial charge on any atom is -0.394 e. The molecule has 3 fully saturated rings. The third-order valence-corrected chi connectivity index (χ3v) is 7.73. The zero-order chi connectivity index (χ0) is 29.6. The number of amides is 1. The van der Waals surface area contributed by atoms with Crippen LogP contribution in [0.15, 0.2) is 0 Å². The van der Waals surface area contributed by atoms with Crippen molar-refractivity contribution in [3.8, 4) is 0 Å². The first-order valence-corrected chi connectivity index (χ1v) is 13.8. The van der Waals surface area contributed by atoms with Gasteiger partial charge in [-0.05, 0) is 33.2 Å². The fourth-order valence-corrected chi connectivity index (χ4v) is 5.51. The summed E-state index contributed by atoms with van der Waals surface area (Å²) in [5, 5.41) is 60.0. The van der Waals surface area contributed by atoms with Crippen LogP contribution in [-0.4, -0.2) is 150 Å². The van der Waals surface area contributed by atoms with Gasteiger partial charge in [0.05, 0.1) is 50.1 Å². The van der Waals surface area contributed by atoms with Crippen molar-refractivity contribution in [1.29, 1.82) is 0 Å². The molecule has 0 radical (unpaired) electrons. The van der Waals surface area contributed by atoms with E-state index in [9.17, 15) is 25.2 Å². The van der Waals surface area contributed by atoms with Gasteiger partial charge in [0.15, 0.2) is 12.6 Å². The van der Waals surface area contributed by atoms with Gasteiger partial charge in [-0.25, -0.2) is 0 Å². The molecule has 0 aromatic rings. The maximum Gasteiger partial charge on any atom is 0.234 e. The van der Waals surface area contributed by atoms with E-state index in [0.29, 0.717) is 19.4 Å². The molecule has 1 aliphatic carbocycles. The predicted molar refractivity (Wildman–Crippen MR) is 140 cm³/mol. The quantitative estimate of drug-likeness (QED) is 0.103. The zero-order valence-corrected chi connectivity index (χ0v) is 23.1. The molecule has 3 aliphatic rings. The van der Waals surface area contributed by atoms with E-state index in [-0.39, 0.29) is 38.8 Å². The highest BCUT2D eigenvalue weighted by Crippen LogP contribution is 2.32. The van der Waals surface area contributed by atoms with Gasteiger partial charge < -0.3 is 77.6 Å². The monoisotopic (exact) mass is 580 g/mol. The maximum absolute atomic E-state index is 12.2. The number of carbonyl (C=O) groups is 1. The molecule has 1 saturated carbocycles. The van der Waals surface area contributed by atoms with Crippen LogP contribution in [0.1, 0.15) is 26.2 Å². The molecule has 2 aliphatic heterocycles. The molecule has 0 spiro atoms. The van der Waals surface area contributed by atoms with Crippen molar-refractivity contribution in [3.63, 3.8) is 0 Å². The summed E-state index contributed by atoms with van der Waals surface area (Å²) in [6.07, 6.45) is -6.85. The van der Waals surface area contributed by atoms with Crippen molar-refractivity contribution in [2.75, 3.05) is 39.9 Å². The smallest absolute Gasteiger partial charge is 0.234 e. The molecule has 1 amide bonds. The first kappa shape index (κ1) is 33.4. The third-order valence-electron chi connectivity index (χ3n) is 7.73. The van der Waals surface area contributed by atoms with Crippen molar-refractivity contribution >= 4 is 5.91 Å². The van der Waals surface area contributed by atoms with E-state index >= 15 is 0 Å². The fraction of sp³-hybridized carbons (Fsp3) is 0.958. The Bertz CT molecular complexity index is 799. The Labute approximate surface area is 233 Å². The lowest BCUT2D eigenvalue weighted by molar-refractivity contribution is -0.307. The van der Waals surface area contributed by atoms with E-state index in [1.54, 1.807) is 7.05 Å². The van der Waals surface area contributed by atoms with Crippen molar-refractivity contribution in [2.24, 2.45) is 17.2 Å². The van der Waals surface area contributed by atoms with Gasteiger partial charge in [0.2, 0.25) is 5.91 Å². The van der Waals surface area contributed by atoms with Gasteiger partial charge in [-0.3, -0.25) is 4.79 Å². The molecule has 0 aromatic heterocycles. The molecule has 234 valence electrons. The van der Waals surface area contributed by atoms with E-state index in [4.69, 9.17) is 41.3 Å². The van der Waals surface area contributed by atoms with Crippen molar-refractivity contribution in [1.82, 2.24) is 16.0 Å². The average Bonchev–Trinajstić information content (AvgIpc) is 2.91. The average molecular weight is 581 g/mol. The topological polar surface area (TPSA) is 269 Å². The summed E-state index contributed by atoms with van der Waals surface area (Å²) in [5.74, 6) is -0.488. The van der Waals surface area contributed by atoms with Crippen LogP contribution in [-0.2, 0) is 23.7 Å². The normalized spacial score (nSPS) is 43.3. The Kier molecular flexibility index (Phi) is 12.4. The Balaban J connectivity index is 1.72. The van der Waals surface area contributed by atoms with Gasteiger partial charge in [-0.2, -0.15) is 0 Å². The van der Waals surface area contributed by atoms with Crippen LogP contribution < -0.4 is 33.2 Å². The Hall–Kier alpha value is -1.09. The summed E-state index contributed by atoms with van der Waals surface area (Å²) in [5.41, 5.74) is 16.8. The molecule has 16 nitrogen and oxygen atoms in total. The summed E-state index contributed by atoms with van der Waals surface area (Å²) in [7, 11) is 1.58. The minimum absolute atomic E-state index is 0.139. The highest BCUT2D eigenvalue weighted by Gasteiger charge is 2.51. The van der Waals surface area contributed by atoms with Crippen molar-refractivity contribution < 1.29 is 49.3 Å². The lowest BCUT2D eigenvalue weighted by Gasteiger charge is -2.49. The standard InChI is InChI=1S/C24H48N6O10/c1-24(36)10-37-23(18(35)21(24)28-2)40-20-15(30-16(33)6-25)5-14(27)19(17(20)34)39-22-13(26)4-3-12(38-22)8-29-7-11(32)9-31/h11-15,17-23,28-29,31-32,34-36H,3-10,25-27H2,1-2H3,(H,30,33)/t11-,12+,13-,14+,15-,17+,18-,19-,20+,21-,22-,23-,24+/m1/s1. The third kappa shape index (κ3) is 8.26. The first-order valence-electron chi connectivity index (χ1n) is 13.8. The van der Waals surface area contributed by atoms with Gasteiger partial charge in [-0.1, -0.05) is 0 Å². The second kappa shape index (κ2) is 14.9. The van der Waals surface area contributed by atoms with Crippen LogP contribution >= 0.6 is 0 Å². The summed E-state index contributed by atoms with van der Waals surface area (Å²) in [6.45, 7) is 1.28. The molecule has 3 rings (SSSR count). The van der Waals surface area contributed by atoms with E-state index in [2.05, 4.69) is 16.0 Å². The number of likely N-dealkylation sites (N-methyl/N-ethyl adjacent to an activating group) is 1. The van der Waals surface area contributed by atoms with E-state index < -0.39 is 78.8 Å². The van der Waals surface area contributed by atoms with Crippen molar-refractivity contribution in [3.05, 3.63) is 0 Å². The molecule has 40 heavy (non-hydrogen) atoms. The number of nitrogens with one attached hydrogen (secondary N) is 3. The van der Waals surface area contributed by atoms with Gasteiger partial charge in [0.1, 0.15) is 30.0 Å². The lowest BCUT2D eigenvalue weighted by Crippen LogP contribution is -2.69. The SMILES string of the molecule is CN[C@@H]1[C@@H](O)[C@@H](O[C@@H]2[C@@H](O)[C@H](O[C@H]3O[C@H](CNC[C@@H](O)CO)CC[C@H]3N)[C@@H](N)C[C@H]2NC(=O)CN)OC[C@]1(C)O. The van der Waals surface area contributed by atoms with Crippen molar-refractivity contribution in [2.45, 2.75) is 105 Å². The van der Waals surface area contributed by atoms with E-state index in [1.807, 2.05) is 0 Å². The second-order valence-electron chi connectivity index (χ2n) is 11.1. The molecular weight excluding hydrogens is 532 g/mol. The van der Waals surface area contributed by atoms with Crippen LogP contribution in [0, 0.1) is 0 Å². The van der Waals surface area contributed by atoms with E-state index in [1.165, 1.54) is 6.92 Å². The molecule has 16 heteroatoms. The second-order valence-corrected chi connectivity index (χ2v) is 11.1. The number of hydrogen-bond acceptors (Lipinski definition) is 15. The van der Waals surface area contributed by atoms with Crippen LogP contribution in [0.25, 0.3) is 0 Å². The summed E-state index contributed by atoms with van der Waals surface area (Å²) < 4.78 is 23.8. The molecule has 2 heterocycles. The molecule has 0 bridgehead atoms. The molecule has 0 aromatic carbocycles. The number of hydrogen-bond donors (Lipinski definition) is 11. The Morgan fingerprint density at radius 2 is 1.82 bits per heavy atom. The number of rotatable bonds is 12. The largest absolute Gasteiger partial charge is 0.394 e. The number of ether oxygens (including phenoxy) is 4. The number of nitrogens with two attached hydrogens (primary N) is 3. The minimum atomic E-state index is -1.40. The van der Waals surface area contributed by atoms with Gasteiger partial charge in [0, 0.05) is 19.1 Å². The summed E-state index contributed by atoms with van der Waals surface area (Å²) >= 11 is 0. The molecule has 2 saturated heterocycles. The molecule has 0 unspecified atom stereocenters. The Morgan fingerprint density at radius 1 is 1.12 bits per heavy atom. The maximum atomic E-state index is 12.2. The fourth-order valence-electron chi connectivity index (χ4n) is 5.51. The Morgan fingerprint density at radius 3 is 2.48 bits per heavy atom. The summed E-state index contributed by atoms with van der Waals surface area (Å²) in [6, 6.07) is -2.84. The molecule has 14 N–H and O–H groups in total. The highest BCUT2D eigenvalue weighted by molar-refractivity contribution is 5.78. The lowest BCUT2D eigenvalue weighted by atomic mass is 9.83. The molecule has 13 atom stereocenters. The predicted octanol–water partition coefficient (Wildman–Crippen LogP) is -5.88. The van der Waals surface area contributed by atoms with Gasteiger partial charge >= 0.3 is 0 Å². The first-order chi connectivity index (χ1) is 18.9. The number of aliphatic hydroxyl groups is 5. The van der Waals surface area contributed by atoms with E-state index in [0.717, 1.165) is 0 Å². The number of aliphatic hydroxyl groups excluding tert-OH is 4. The zero-order valence-electron chi connectivity index (χ0n) is 23.1. The molecular formula is C24H48N6O10. The van der Waals surface area contributed by atoms with Gasteiger partial charge in [0.25, 0.3) is 0 Å². The van der Waals surface area contributed by atoms with Crippen LogP contribution in [0.5, 0.6) is 0 Å². The van der Waals surface area contributed by atoms with Crippen LogP contribution in [0.2, 0.25) is 0 Å². The number of carbonyl (C=O) groups excluding carboxylic acids is 1. The highest BCUT2D eigenvalue weighted by atomic mass is 16.7. The van der Waals surface area contributed by atoms with Gasteiger partial charge in [-0.15, -0.1) is 0 Å². The van der Waals surface area contributed by atoms with Crippen LogP contribution in [0.4, 0.5) is 0 Å².